The third-order valence-corrected chi connectivity index (χ3v) is 5.46. The van der Waals surface area contributed by atoms with Crippen LogP contribution in [0.15, 0.2) is 30.3 Å². The normalized spacial score (nSPS) is 18.3. The van der Waals surface area contributed by atoms with Gasteiger partial charge in [-0.15, -0.1) is 0 Å². The van der Waals surface area contributed by atoms with Crippen LogP contribution in [-0.4, -0.2) is 53.8 Å². The third-order valence-electron chi connectivity index (χ3n) is 4.47. The maximum Gasteiger partial charge on any atom is 0.0787 e. The van der Waals surface area contributed by atoms with Gasteiger partial charge in [-0.05, 0) is 42.4 Å². The lowest BCUT2D eigenvalue weighted by atomic mass is 9.91. The van der Waals surface area contributed by atoms with Gasteiger partial charge in [0.2, 0.25) is 0 Å². The molecular weight excluding hydrogens is 304 g/mol. The van der Waals surface area contributed by atoms with E-state index in [1.165, 1.54) is 5.56 Å². The van der Waals surface area contributed by atoms with Crippen molar-refractivity contribution in [1.29, 1.82) is 0 Å². The van der Waals surface area contributed by atoms with Gasteiger partial charge in [0.1, 0.15) is 0 Å². The zero-order valence-electron chi connectivity index (χ0n) is 14.8. The number of aliphatic hydroxyl groups is 1. The molecule has 1 heterocycles. The van der Waals surface area contributed by atoms with E-state index in [9.17, 15) is 5.11 Å². The predicted octanol–water partition coefficient (Wildman–Crippen LogP) is 2.99. The second kappa shape index (κ2) is 8.52. The van der Waals surface area contributed by atoms with Crippen LogP contribution in [0.4, 0.5) is 0 Å². The molecule has 1 saturated heterocycles. The molecule has 1 aliphatic heterocycles. The number of nitrogens with one attached hydrogen (secondary N) is 1. The Labute approximate surface area is 145 Å². The van der Waals surface area contributed by atoms with E-state index in [-0.39, 0.29) is 5.41 Å². The van der Waals surface area contributed by atoms with Gasteiger partial charge >= 0.3 is 0 Å². The molecule has 0 amide bonds. The summed E-state index contributed by atoms with van der Waals surface area (Å²) in [6, 6.07) is 10.6. The fourth-order valence-corrected chi connectivity index (χ4v) is 4.55. The molecule has 0 saturated carbocycles. The smallest absolute Gasteiger partial charge is 0.0787 e. The number of thioether (sulfide) groups is 1. The van der Waals surface area contributed by atoms with Crippen molar-refractivity contribution in [1.82, 2.24) is 10.2 Å². The Morgan fingerprint density at radius 3 is 2.52 bits per heavy atom. The Kier molecular flexibility index (Phi) is 6.96. The summed E-state index contributed by atoms with van der Waals surface area (Å²) >= 11 is 1.95. The lowest BCUT2D eigenvalue weighted by Gasteiger charge is -2.35. The molecule has 1 aliphatic rings. The highest BCUT2D eigenvalue weighted by Gasteiger charge is 2.30. The minimum absolute atomic E-state index is 0.184. The van der Waals surface area contributed by atoms with Crippen molar-refractivity contribution in [2.45, 2.75) is 38.8 Å². The van der Waals surface area contributed by atoms with Crippen LogP contribution in [0.3, 0.4) is 0 Å². The van der Waals surface area contributed by atoms with Crippen molar-refractivity contribution in [3.05, 3.63) is 35.9 Å². The zero-order chi connectivity index (χ0) is 16.8. The van der Waals surface area contributed by atoms with Gasteiger partial charge in [0.15, 0.2) is 0 Å². The first kappa shape index (κ1) is 18.8. The molecular formula is C19H32N2OS. The second-order valence-electron chi connectivity index (χ2n) is 7.76. The van der Waals surface area contributed by atoms with Crippen LogP contribution in [0.5, 0.6) is 0 Å². The largest absolute Gasteiger partial charge is 0.389 e. The first-order chi connectivity index (χ1) is 10.9. The molecule has 0 aromatic heterocycles. The van der Waals surface area contributed by atoms with Crippen molar-refractivity contribution >= 4 is 11.8 Å². The monoisotopic (exact) mass is 336 g/mol. The van der Waals surface area contributed by atoms with Crippen LogP contribution in [0.2, 0.25) is 0 Å². The van der Waals surface area contributed by atoms with Crippen LogP contribution in [0, 0.1) is 5.41 Å². The Morgan fingerprint density at radius 2 is 1.87 bits per heavy atom. The summed E-state index contributed by atoms with van der Waals surface area (Å²) in [6.07, 6.45) is 1.83. The fourth-order valence-electron chi connectivity index (χ4n) is 3.30. The van der Waals surface area contributed by atoms with E-state index in [0.29, 0.717) is 0 Å². The van der Waals surface area contributed by atoms with Crippen LogP contribution in [-0.2, 0) is 6.54 Å². The van der Waals surface area contributed by atoms with Gasteiger partial charge in [-0.3, -0.25) is 0 Å². The Morgan fingerprint density at radius 1 is 1.22 bits per heavy atom. The van der Waals surface area contributed by atoms with E-state index < -0.39 is 5.60 Å². The second-order valence-corrected chi connectivity index (χ2v) is 8.99. The van der Waals surface area contributed by atoms with Gasteiger partial charge in [-0.1, -0.05) is 44.2 Å². The molecule has 2 N–H and O–H groups in total. The molecule has 4 heteroatoms. The van der Waals surface area contributed by atoms with E-state index in [0.717, 1.165) is 50.5 Å². The molecule has 1 aromatic rings. The van der Waals surface area contributed by atoms with Crippen molar-refractivity contribution in [2.75, 3.05) is 38.2 Å². The van der Waals surface area contributed by atoms with Gasteiger partial charge in [-0.2, -0.15) is 11.8 Å². The highest BCUT2D eigenvalue weighted by atomic mass is 32.2. The molecule has 3 nitrogen and oxygen atoms in total. The topological polar surface area (TPSA) is 35.5 Å². The van der Waals surface area contributed by atoms with E-state index in [1.54, 1.807) is 0 Å². The van der Waals surface area contributed by atoms with E-state index in [1.807, 2.05) is 11.8 Å². The van der Waals surface area contributed by atoms with Gasteiger partial charge < -0.3 is 15.3 Å². The number of nitrogens with zero attached hydrogens (tertiary/aromatic N) is 1. The SMILES string of the molecule is CN(Cc1ccccc1)CC(C)(C)CNCC1(O)CCSCC1. The van der Waals surface area contributed by atoms with E-state index >= 15 is 0 Å². The lowest BCUT2D eigenvalue weighted by Crippen LogP contribution is -2.47. The van der Waals surface area contributed by atoms with Gasteiger partial charge in [0.25, 0.3) is 0 Å². The lowest BCUT2D eigenvalue weighted by molar-refractivity contribution is 0.0294. The minimum Gasteiger partial charge on any atom is -0.389 e. The molecule has 1 aromatic carbocycles. The summed E-state index contributed by atoms with van der Waals surface area (Å²) in [5, 5.41) is 14.1. The van der Waals surface area contributed by atoms with Crippen LogP contribution in [0.25, 0.3) is 0 Å². The summed E-state index contributed by atoms with van der Waals surface area (Å²) in [7, 11) is 2.18. The standard InChI is InChI=1S/C19H32N2OS/c1-18(2,14-20-15-19(22)9-11-23-12-10-19)16-21(3)13-17-7-5-4-6-8-17/h4-8,20,22H,9-16H2,1-3H3. The molecule has 1 fully saturated rings. The van der Waals surface area contributed by atoms with Crippen LogP contribution < -0.4 is 5.32 Å². The molecule has 0 atom stereocenters. The van der Waals surface area contributed by atoms with Gasteiger partial charge in [0.05, 0.1) is 5.60 Å². The molecule has 130 valence electrons. The van der Waals surface area contributed by atoms with Gasteiger partial charge in [-0.25, -0.2) is 0 Å². The third kappa shape index (κ3) is 6.84. The first-order valence-corrected chi connectivity index (χ1v) is 9.77. The average Bonchev–Trinajstić information content (AvgIpc) is 2.47. The molecule has 0 radical (unpaired) electrons. The number of rotatable bonds is 8. The summed E-state index contributed by atoms with van der Waals surface area (Å²) in [6.45, 7) is 8.25. The zero-order valence-corrected chi connectivity index (χ0v) is 15.7. The van der Waals surface area contributed by atoms with Crippen molar-refractivity contribution in [3.8, 4) is 0 Å². The highest BCUT2D eigenvalue weighted by Crippen LogP contribution is 2.26. The maximum absolute atomic E-state index is 10.6. The maximum atomic E-state index is 10.6. The summed E-state index contributed by atoms with van der Waals surface area (Å²) in [5.41, 5.74) is 1.05. The molecule has 0 aliphatic carbocycles. The summed E-state index contributed by atoms with van der Waals surface area (Å²) in [4.78, 5) is 2.38. The van der Waals surface area contributed by atoms with Gasteiger partial charge in [0, 0.05) is 26.2 Å². The Bertz CT molecular complexity index is 458. The predicted molar refractivity (Wildman–Crippen MR) is 101 cm³/mol. The molecule has 23 heavy (non-hydrogen) atoms. The van der Waals surface area contributed by atoms with Crippen molar-refractivity contribution < 1.29 is 5.11 Å². The van der Waals surface area contributed by atoms with E-state index in [2.05, 4.69) is 61.4 Å². The molecule has 2 rings (SSSR count). The summed E-state index contributed by atoms with van der Waals surface area (Å²) in [5.74, 6) is 2.17. The van der Waals surface area contributed by atoms with Crippen LogP contribution >= 0.6 is 11.8 Å². The fraction of sp³-hybridized carbons (Fsp3) is 0.684. The minimum atomic E-state index is -0.489. The molecule has 0 bridgehead atoms. The summed E-state index contributed by atoms with van der Waals surface area (Å²) < 4.78 is 0. The van der Waals surface area contributed by atoms with Crippen molar-refractivity contribution in [2.24, 2.45) is 5.41 Å². The van der Waals surface area contributed by atoms with E-state index in [4.69, 9.17) is 0 Å². The molecule has 0 spiro atoms. The quantitative estimate of drug-likeness (QED) is 0.765. The highest BCUT2D eigenvalue weighted by molar-refractivity contribution is 7.99. The first-order valence-electron chi connectivity index (χ1n) is 8.62. The Hall–Kier alpha value is -0.550. The number of benzene rings is 1. The number of hydrogen-bond acceptors (Lipinski definition) is 4. The van der Waals surface area contributed by atoms with Crippen LogP contribution in [0.1, 0.15) is 32.3 Å². The average molecular weight is 337 g/mol. The van der Waals surface area contributed by atoms with Crippen molar-refractivity contribution in [3.63, 3.8) is 0 Å². The number of hydrogen-bond donors (Lipinski definition) is 2. The Balaban J connectivity index is 1.72. The molecule has 0 unspecified atom stereocenters.